The first-order valence-corrected chi connectivity index (χ1v) is 5.77. The number of hydrogen-bond acceptors (Lipinski definition) is 1. The quantitative estimate of drug-likeness (QED) is 0.810. The smallest absolute Gasteiger partial charge is 0.304 e. The molecule has 0 spiro atoms. The van der Waals surface area contributed by atoms with Crippen molar-refractivity contribution < 1.29 is 17.6 Å². The number of benzene rings is 1. The third-order valence-corrected chi connectivity index (χ3v) is 2.86. The van der Waals surface area contributed by atoms with Crippen LogP contribution in [0.25, 0.3) is 0 Å². The fourth-order valence-corrected chi connectivity index (χ4v) is 1.50. The number of hydrogen-bond donors (Lipinski definition) is 1. The summed E-state index contributed by atoms with van der Waals surface area (Å²) < 4.78 is 50.0. The molecule has 17 heavy (non-hydrogen) atoms. The van der Waals surface area contributed by atoms with E-state index in [1.807, 2.05) is 0 Å². The zero-order valence-corrected chi connectivity index (χ0v) is 10.6. The zero-order chi connectivity index (χ0) is 13.1. The highest BCUT2D eigenvalue weighted by molar-refractivity contribution is 9.10. The minimum Gasteiger partial charge on any atom is -0.304 e. The predicted octanol–water partition coefficient (Wildman–Crippen LogP) is 4.00. The van der Waals surface area contributed by atoms with E-state index in [1.54, 1.807) is 31.2 Å². The maximum absolute atomic E-state index is 12.7. The Morgan fingerprint density at radius 2 is 1.76 bits per heavy atom. The molecular weight excluding hydrogens is 302 g/mol. The van der Waals surface area contributed by atoms with Gasteiger partial charge in [0, 0.05) is 10.5 Å². The van der Waals surface area contributed by atoms with Gasteiger partial charge >= 0.3 is 12.3 Å². The van der Waals surface area contributed by atoms with Crippen LogP contribution in [0.4, 0.5) is 17.6 Å². The molecule has 0 amide bonds. The van der Waals surface area contributed by atoms with Gasteiger partial charge in [-0.05, 0) is 24.6 Å². The van der Waals surface area contributed by atoms with E-state index in [0.717, 1.165) is 10.0 Å². The SMILES string of the molecule is CC(NCC(F)(F)C(F)F)c1ccc(Br)cc1. The van der Waals surface area contributed by atoms with Crippen LogP contribution in [-0.4, -0.2) is 18.9 Å². The van der Waals surface area contributed by atoms with Crippen LogP contribution in [0.1, 0.15) is 18.5 Å². The Labute approximate surface area is 105 Å². The predicted molar refractivity (Wildman–Crippen MR) is 61.5 cm³/mol. The molecule has 1 rings (SSSR count). The summed E-state index contributed by atoms with van der Waals surface area (Å²) in [6.07, 6.45) is -3.65. The summed E-state index contributed by atoms with van der Waals surface area (Å²) in [4.78, 5) is 0. The number of rotatable bonds is 5. The van der Waals surface area contributed by atoms with Gasteiger partial charge in [-0.25, -0.2) is 8.78 Å². The number of alkyl halides is 4. The van der Waals surface area contributed by atoms with E-state index in [2.05, 4.69) is 21.2 Å². The topological polar surface area (TPSA) is 12.0 Å². The van der Waals surface area contributed by atoms with Crippen molar-refractivity contribution in [1.29, 1.82) is 0 Å². The molecule has 0 saturated carbocycles. The van der Waals surface area contributed by atoms with Crippen molar-refractivity contribution in [3.8, 4) is 0 Å². The molecule has 0 heterocycles. The lowest BCUT2D eigenvalue weighted by Gasteiger charge is -2.20. The molecule has 0 aliphatic carbocycles. The Morgan fingerprint density at radius 3 is 2.24 bits per heavy atom. The van der Waals surface area contributed by atoms with Crippen molar-refractivity contribution in [2.45, 2.75) is 25.3 Å². The molecule has 1 atom stereocenters. The normalized spacial score (nSPS) is 14.1. The molecule has 0 aliphatic rings. The van der Waals surface area contributed by atoms with Gasteiger partial charge in [0.1, 0.15) is 0 Å². The van der Waals surface area contributed by atoms with E-state index in [9.17, 15) is 17.6 Å². The van der Waals surface area contributed by atoms with Crippen molar-refractivity contribution in [2.75, 3.05) is 6.54 Å². The average molecular weight is 314 g/mol. The number of halogens is 5. The lowest BCUT2D eigenvalue weighted by atomic mass is 10.1. The number of nitrogens with one attached hydrogen (secondary N) is 1. The second-order valence-corrected chi connectivity index (χ2v) is 4.63. The van der Waals surface area contributed by atoms with Crippen molar-refractivity contribution in [2.24, 2.45) is 0 Å². The molecule has 0 radical (unpaired) electrons. The molecule has 1 aromatic rings. The van der Waals surface area contributed by atoms with Crippen molar-refractivity contribution in [3.05, 3.63) is 34.3 Å². The third-order valence-electron chi connectivity index (χ3n) is 2.33. The van der Waals surface area contributed by atoms with E-state index in [0.29, 0.717) is 0 Å². The third kappa shape index (κ3) is 4.27. The Kier molecular flexibility index (Phi) is 4.94. The van der Waals surface area contributed by atoms with Gasteiger partial charge < -0.3 is 5.32 Å². The Balaban J connectivity index is 2.55. The van der Waals surface area contributed by atoms with Gasteiger partial charge in [0.2, 0.25) is 0 Å². The second-order valence-electron chi connectivity index (χ2n) is 3.72. The fourth-order valence-electron chi connectivity index (χ4n) is 1.24. The molecular formula is C11H12BrF4N. The van der Waals surface area contributed by atoms with E-state index < -0.39 is 24.9 Å². The fraction of sp³-hybridized carbons (Fsp3) is 0.455. The lowest BCUT2D eigenvalue weighted by molar-refractivity contribution is -0.126. The monoisotopic (exact) mass is 313 g/mol. The molecule has 1 unspecified atom stereocenters. The van der Waals surface area contributed by atoms with Crippen LogP contribution in [0.5, 0.6) is 0 Å². The van der Waals surface area contributed by atoms with E-state index in [-0.39, 0.29) is 0 Å². The van der Waals surface area contributed by atoms with Gasteiger partial charge in [-0.2, -0.15) is 8.78 Å². The van der Waals surface area contributed by atoms with Crippen molar-refractivity contribution >= 4 is 15.9 Å². The van der Waals surface area contributed by atoms with Crippen LogP contribution in [0.2, 0.25) is 0 Å². The summed E-state index contributed by atoms with van der Waals surface area (Å²) in [6.45, 7) is 0.604. The second kappa shape index (κ2) is 5.82. The van der Waals surface area contributed by atoms with Crippen LogP contribution in [0.3, 0.4) is 0 Å². The molecule has 0 saturated heterocycles. The highest BCUT2D eigenvalue weighted by atomic mass is 79.9. The molecule has 96 valence electrons. The van der Waals surface area contributed by atoms with Gasteiger partial charge in [0.25, 0.3) is 0 Å². The van der Waals surface area contributed by atoms with E-state index in [1.165, 1.54) is 0 Å². The van der Waals surface area contributed by atoms with Gasteiger partial charge in [-0.1, -0.05) is 28.1 Å². The van der Waals surface area contributed by atoms with Gasteiger partial charge in [-0.15, -0.1) is 0 Å². The molecule has 6 heteroatoms. The minimum absolute atomic E-state index is 0.410. The summed E-state index contributed by atoms with van der Waals surface area (Å²) in [7, 11) is 0. The van der Waals surface area contributed by atoms with E-state index >= 15 is 0 Å². The summed E-state index contributed by atoms with van der Waals surface area (Å²) >= 11 is 3.24. The zero-order valence-electron chi connectivity index (χ0n) is 9.06. The summed E-state index contributed by atoms with van der Waals surface area (Å²) in [6, 6.07) is 6.59. The summed E-state index contributed by atoms with van der Waals surface area (Å²) in [5.74, 6) is -4.00. The standard InChI is InChI=1S/C11H12BrF4N/c1-7(8-2-4-9(12)5-3-8)17-6-11(15,16)10(13)14/h2-5,7,10,17H,6H2,1H3. The first-order chi connectivity index (χ1) is 7.83. The van der Waals surface area contributed by atoms with Crippen LogP contribution in [0.15, 0.2) is 28.7 Å². The molecule has 0 aromatic heterocycles. The first kappa shape index (κ1) is 14.4. The van der Waals surface area contributed by atoms with Gasteiger partial charge in [-0.3, -0.25) is 0 Å². The largest absolute Gasteiger partial charge is 0.319 e. The molecule has 0 aliphatic heterocycles. The molecule has 1 aromatic carbocycles. The Bertz CT molecular complexity index is 353. The Morgan fingerprint density at radius 1 is 1.24 bits per heavy atom. The maximum atomic E-state index is 12.7. The lowest BCUT2D eigenvalue weighted by Crippen LogP contribution is -2.39. The Hall–Kier alpha value is -0.620. The first-order valence-electron chi connectivity index (χ1n) is 4.98. The van der Waals surface area contributed by atoms with Crippen molar-refractivity contribution in [3.63, 3.8) is 0 Å². The maximum Gasteiger partial charge on any atom is 0.319 e. The van der Waals surface area contributed by atoms with Crippen LogP contribution in [-0.2, 0) is 0 Å². The highest BCUT2D eigenvalue weighted by Crippen LogP contribution is 2.23. The van der Waals surface area contributed by atoms with Crippen LogP contribution >= 0.6 is 15.9 Å². The van der Waals surface area contributed by atoms with Crippen molar-refractivity contribution in [1.82, 2.24) is 5.32 Å². The van der Waals surface area contributed by atoms with Crippen LogP contribution < -0.4 is 5.32 Å². The summed E-state index contributed by atoms with van der Waals surface area (Å²) in [5, 5.41) is 2.39. The molecule has 0 fully saturated rings. The molecule has 1 nitrogen and oxygen atoms in total. The van der Waals surface area contributed by atoms with Gasteiger partial charge in [0.05, 0.1) is 6.54 Å². The minimum atomic E-state index is -4.00. The highest BCUT2D eigenvalue weighted by Gasteiger charge is 2.40. The molecule has 1 N–H and O–H groups in total. The molecule has 0 bridgehead atoms. The average Bonchev–Trinajstić information content (AvgIpc) is 2.27. The summed E-state index contributed by atoms with van der Waals surface area (Å²) in [5.41, 5.74) is 0.762. The van der Waals surface area contributed by atoms with Crippen LogP contribution in [0, 0.1) is 0 Å². The van der Waals surface area contributed by atoms with E-state index in [4.69, 9.17) is 0 Å². The van der Waals surface area contributed by atoms with Gasteiger partial charge in [0.15, 0.2) is 0 Å².